The van der Waals surface area contributed by atoms with Gasteiger partial charge in [0.05, 0.1) is 23.3 Å². The Morgan fingerprint density at radius 2 is 0.778 bits per heavy atom. The van der Waals surface area contributed by atoms with Crippen LogP contribution in [0.25, 0.3) is 89.7 Å². The first-order valence-electron chi connectivity index (χ1n) is 13.7. The molecule has 0 spiro atoms. The third-order valence-electron chi connectivity index (χ3n) is 7.94. The molecule has 0 atom stereocenters. The van der Waals surface area contributed by atoms with Crippen LogP contribution < -0.4 is 32.9 Å². The van der Waals surface area contributed by atoms with Crippen LogP contribution >= 0.6 is 0 Å². The number of nitrogen functional groups attached to an aromatic ring is 4. The Morgan fingerprint density at radius 1 is 0.400 bits per heavy atom. The Kier molecular flexibility index (Phi) is 5.60. The molecule has 3 aromatic heterocycles. The maximum atomic E-state index is 6.47. The number of rotatable bonds is 0. The number of benzene rings is 4. The minimum Gasteiger partial charge on any atom is -0.398 e. The molecule has 13 heteroatoms. The van der Waals surface area contributed by atoms with E-state index in [9.17, 15) is 0 Å². The van der Waals surface area contributed by atoms with Crippen molar-refractivity contribution in [2.45, 2.75) is 0 Å². The topological polar surface area (TPSA) is 210 Å². The number of aromatic nitrogens is 8. The molecule has 7 aromatic rings. The third kappa shape index (κ3) is 3.78. The van der Waals surface area contributed by atoms with E-state index in [1.807, 2.05) is 48.5 Å². The van der Waals surface area contributed by atoms with E-state index in [4.69, 9.17) is 62.8 Å². The summed E-state index contributed by atoms with van der Waals surface area (Å²) in [6.45, 7) is 0. The molecule has 0 amide bonds. The van der Waals surface area contributed by atoms with Crippen LogP contribution in [0.4, 0.5) is 22.7 Å². The summed E-state index contributed by atoms with van der Waals surface area (Å²) >= 11 is 0. The van der Waals surface area contributed by atoms with E-state index in [1.54, 1.807) is 24.3 Å². The average Bonchev–Trinajstić information content (AvgIpc) is 3.74. The maximum Gasteiger partial charge on any atom is 2.00 e. The van der Waals surface area contributed by atoms with Crippen LogP contribution in [0.15, 0.2) is 72.8 Å². The molecule has 0 saturated carbocycles. The molecule has 8 N–H and O–H groups in total. The van der Waals surface area contributed by atoms with Gasteiger partial charge in [0, 0.05) is 78.4 Å². The zero-order chi connectivity index (χ0) is 29.7. The van der Waals surface area contributed by atoms with E-state index in [2.05, 4.69) is 0 Å². The predicted octanol–water partition coefficient (Wildman–Crippen LogP) is 4.45. The van der Waals surface area contributed by atoms with E-state index in [0.717, 1.165) is 0 Å². The van der Waals surface area contributed by atoms with Crippen molar-refractivity contribution in [1.29, 1.82) is 0 Å². The number of fused-ring (bicyclic) bond motifs is 20. The minimum atomic E-state index is 0. The third-order valence-corrected chi connectivity index (χ3v) is 7.94. The summed E-state index contributed by atoms with van der Waals surface area (Å²) in [5, 5.41) is 2.70. The van der Waals surface area contributed by atoms with Crippen molar-refractivity contribution in [3.05, 3.63) is 72.8 Å². The van der Waals surface area contributed by atoms with E-state index in [-0.39, 0.29) is 17.1 Å². The molecule has 2 aliphatic rings. The number of anilines is 4. The number of hydrogen-bond acceptors (Lipinski definition) is 10. The molecule has 45 heavy (non-hydrogen) atoms. The van der Waals surface area contributed by atoms with Crippen LogP contribution in [0.5, 0.6) is 0 Å². The van der Waals surface area contributed by atoms with Crippen molar-refractivity contribution in [2.24, 2.45) is 0 Å². The van der Waals surface area contributed by atoms with E-state index in [1.165, 1.54) is 0 Å². The van der Waals surface area contributed by atoms with Crippen LogP contribution in [0.3, 0.4) is 0 Å². The number of hydrogen-bond donors (Lipinski definition) is 4. The largest absolute Gasteiger partial charge is 2.00 e. The van der Waals surface area contributed by atoms with Gasteiger partial charge in [-0.3, -0.25) is 0 Å². The Balaban J connectivity index is 0.00000300. The average molecular weight is 636 g/mol. The summed E-state index contributed by atoms with van der Waals surface area (Å²) in [5.41, 5.74) is 32.1. The Morgan fingerprint density at radius 3 is 1.22 bits per heavy atom. The van der Waals surface area contributed by atoms with Crippen LogP contribution in [0.2, 0.25) is 0 Å². The van der Waals surface area contributed by atoms with Crippen molar-refractivity contribution < 1.29 is 17.1 Å². The zero-order valence-corrected chi connectivity index (χ0v) is 24.1. The molecule has 0 fully saturated rings. The van der Waals surface area contributed by atoms with Gasteiger partial charge in [-0.2, -0.15) is 0 Å². The molecule has 0 unspecified atom stereocenters. The first kappa shape index (κ1) is 26.6. The summed E-state index contributed by atoms with van der Waals surface area (Å²) in [5.74, 6) is 1.49. The predicted molar refractivity (Wildman–Crippen MR) is 172 cm³/mol. The smallest absolute Gasteiger partial charge is 0.398 e. The van der Waals surface area contributed by atoms with Crippen molar-refractivity contribution in [3.63, 3.8) is 0 Å². The summed E-state index contributed by atoms with van der Waals surface area (Å²) < 4.78 is 0. The maximum absolute atomic E-state index is 6.47. The summed E-state index contributed by atoms with van der Waals surface area (Å²) in [6.07, 6.45) is 0. The molecule has 4 aromatic carbocycles. The van der Waals surface area contributed by atoms with Crippen molar-refractivity contribution in [1.82, 2.24) is 39.9 Å². The van der Waals surface area contributed by atoms with Gasteiger partial charge in [0.2, 0.25) is 0 Å². The normalized spacial score (nSPS) is 11.7. The SMILES string of the molecule is Nc1cccc2c1-c1nc-2nc2[n-]c(nc3nc(nc4[n-]c(n1)c1cccc(N)c41)-c1cccc(N)c1-3)c1cccc(N)c21.[Cu+2]. The number of nitrogens with zero attached hydrogens (tertiary/aromatic N) is 8. The quantitative estimate of drug-likeness (QED) is 0.134. The molecule has 0 saturated heterocycles. The van der Waals surface area contributed by atoms with E-state index < -0.39 is 0 Å². The monoisotopic (exact) mass is 635 g/mol. The fourth-order valence-corrected chi connectivity index (χ4v) is 5.96. The van der Waals surface area contributed by atoms with Crippen molar-refractivity contribution in [3.8, 4) is 45.6 Å². The van der Waals surface area contributed by atoms with Crippen LogP contribution in [-0.2, 0) is 17.1 Å². The van der Waals surface area contributed by atoms with Gasteiger partial charge in [-0.1, -0.05) is 48.5 Å². The van der Waals surface area contributed by atoms with Gasteiger partial charge in [-0.25, -0.2) is 9.97 Å². The van der Waals surface area contributed by atoms with Gasteiger partial charge in [0.25, 0.3) is 0 Å². The second-order valence-electron chi connectivity index (χ2n) is 10.6. The standard InChI is InChI=1S/C32H20N12.Cu/c33-17-9-1-5-13-21(17)29-37-25(13)41-30-22-14(6-2-10-18(22)34)27(38-30)43-32-24-16(8-4-12-20(24)36)28(40-32)44-31-23-15(26(39-31)42-29)7-3-11-19(23)35;/h1-12H,33-36H2;/q-2;+2. The van der Waals surface area contributed by atoms with Gasteiger partial charge in [-0.15, -0.1) is 0 Å². The Hall–Kier alpha value is -6.04. The zero-order valence-electron chi connectivity index (χ0n) is 23.1. The second kappa shape index (κ2) is 9.48. The molecular weight excluding hydrogens is 616 g/mol. The molecule has 1 radical (unpaired) electrons. The summed E-state index contributed by atoms with van der Waals surface area (Å²) in [6, 6.07) is 22.1. The molecule has 8 bridgehead atoms. The molecule has 219 valence electrons. The van der Waals surface area contributed by atoms with Crippen LogP contribution in [0.1, 0.15) is 0 Å². The minimum absolute atomic E-state index is 0. The van der Waals surface area contributed by atoms with E-state index in [0.29, 0.717) is 112 Å². The molecule has 9 rings (SSSR count). The Bertz CT molecular complexity index is 2390. The van der Waals surface area contributed by atoms with Crippen LogP contribution in [-0.4, -0.2) is 29.9 Å². The van der Waals surface area contributed by atoms with Gasteiger partial charge in [-0.05, 0) is 35.0 Å². The molecule has 2 aliphatic heterocycles. The van der Waals surface area contributed by atoms with Crippen molar-refractivity contribution >= 4 is 66.9 Å². The number of nitrogens with two attached hydrogens (primary N) is 4. The summed E-state index contributed by atoms with van der Waals surface area (Å²) in [4.78, 5) is 38.9. The summed E-state index contributed by atoms with van der Waals surface area (Å²) in [7, 11) is 0. The fraction of sp³-hybridized carbons (Fsp3) is 0. The van der Waals surface area contributed by atoms with Gasteiger partial charge in [0.1, 0.15) is 0 Å². The second-order valence-corrected chi connectivity index (χ2v) is 10.6. The molecule has 12 nitrogen and oxygen atoms in total. The first-order chi connectivity index (χ1) is 21.4. The molecule has 0 aliphatic carbocycles. The Labute approximate surface area is 264 Å². The molecular formula is C32H20CuN12. The first-order valence-corrected chi connectivity index (χ1v) is 13.7. The van der Waals surface area contributed by atoms with Crippen LogP contribution in [0, 0.1) is 0 Å². The van der Waals surface area contributed by atoms with Crippen molar-refractivity contribution in [2.75, 3.05) is 22.9 Å². The van der Waals surface area contributed by atoms with E-state index >= 15 is 0 Å². The van der Waals surface area contributed by atoms with Gasteiger partial charge in [0.15, 0.2) is 0 Å². The van der Waals surface area contributed by atoms with Gasteiger partial charge < -0.3 is 52.8 Å². The fourth-order valence-electron chi connectivity index (χ4n) is 5.96. The van der Waals surface area contributed by atoms with Gasteiger partial charge >= 0.3 is 17.1 Å². The molecule has 5 heterocycles.